The van der Waals surface area contributed by atoms with Crippen molar-refractivity contribution >= 4 is 11.6 Å². The van der Waals surface area contributed by atoms with E-state index < -0.39 is 0 Å². The number of imidazole rings is 1. The molecular formula is C16H20FN3. The standard InChI is InChI=1S/C16H20FN3/c1-11-9-13(17)7-8-15(11)19-16-18-12(2)10-20(16)14-5-3-4-6-14/h7-10,14H,3-6H2,1-2H3,(H,18,19). The Labute approximate surface area is 118 Å². The van der Waals surface area contributed by atoms with E-state index in [1.54, 1.807) is 6.07 Å². The summed E-state index contributed by atoms with van der Waals surface area (Å²) in [6, 6.07) is 5.33. The number of anilines is 2. The lowest BCUT2D eigenvalue weighted by Gasteiger charge is -2.16. The topological polar surface area (TPSA) is 29.9 Å². The van der Waals surface area contributed by atoms with Crippen LogP contribution in [0.1, 0.15) is 43.0 Å². The Morgan fingerprint density at radius 2 is 2.00 bits per heavy atom. The minimum absolute atomic E-state index is 0.205. The third-order valence-electron chi connectivity index (χ3n) is 4.01. The van der Waals surface area contributed by atoms with Crippen LogP contribution in [0.2, 0.25) is 0 Å². The van der Waals surface area contributed by atoms with Gasteiger partial charge in [0.05, 0.1) is 5.69 Å². The number of hydrogen-bond acceptors (Lipinski definition) is 2. The Morgan fingerprint density at radius 3 is 2.70 bits per heavy atom. The van der Waals surface area contributed by atoms with Gasteiger partial charge in [-0.3, -0.25) is 0 Å². The molecule has 1 saturated carbocycles. The molecule has 1 aromatic carbocycles. The molecule has 0 spiro atoms. The molecule has 0 bridgehead atoms. The maximum atomic E-state index is 13.2. The largest absolute Gasteiger partial charge is 0.325 e. The molecule has 1 fully saturated rings. The molecule has 1 aliphatic rings. The van der Waals surface area contributed by atoms with Gasteiger partial charge in [0.15, 0.2) is 0 Å². The van der Waals surface area contributed by atoms with E-state index in [2.05, 4.69) is 21.1 Å². The first-order valence-corrected chi connectivity index (χ1v) is 7.22. The van der Waals surface area contributed by atoms with Gasteiger partial charge < -0.3 is 9.88 Å². The van der Waals surface area contributed by atoms with E-state index in [0.29, 0.717) is 6.04 Å². The van der Waals surface area contributed by atoms with E-state index in [9.17, 15) is 4.39 Å². The summed E-state index contributed by atoms with van der Waals surface area (Å²) in [4.78, 5) is 4.57. The Bertz CT molecular complexity index is 612. The monoisotopic (exact) mass is 273 g/mol. The van der Waals surface area contributed by atoms with Crippen molar-refractivity contribution < 1.29 is 4.39 Å². The van der Waals surface area contributed by atoms with Crippen molar-refractivity contribution in [2.75, 3.05) is 5.32 Å². The summed E-state index contributed by atoms with van der Waals surface area (Å²) in [5, 5.41) is 3.35. The molecule has 1 aliphatic carbocycles. The normalized spacial score (nSPS) is 15.8. The number of halogens is 1. The van der Waals surface area contributed by atoms with Crippen molar-refractivity contribution in [2.45, 2.75) is 45.6 Å². The molecule has 4 heteroatoms. The fraction of sp³-hybridized carbons (Fsp3) is 0.438. The molecule has 106 valence electrons. The molecule has 1 heterocycles. The number of nitrogens with zero attached hydrogens (tertiary/aromatic N) is 2. The molecule has 0 saturated heterocycles. The van der Waals surface area contributed by atoms with Crippen LogP contribution in [-0.2, 0) is 0 Å². The van der Waals surface area contributed by atoms with E-state index in [-0.39, 0.29) is 5.82 Å². The van der Waals surface area contributed by atoms with Crippen LogP contribution in [-0.4, -0.2) is 9.55 Å². The van der Waals surface area contributed by atoms with Crippen molar-refractivity contribution in [2.24, 2.45) is 0 Å². The number of aromatic nitrogens is 2. The number of nitrogens with one attached hydrogen (secondary N) is 1. The molecular weight excluding hydrogens is 253 g/mol. The fourth-order valence-electron chi connectivity index (χ4n) is 2.96. The average Bonchev–Trinajstić information content (AvgIpc) is 3.02. The number of rotatable bonds is 3. The van der Waals surface area contributed by atoms with E-state index in [4.69, 9.17) is 0 Å². The summed E-state index contributed by atoms with van der Waals surface area (Å²) in [6.45, 7) is 3.91. The zero-order chi connectivity index (χ0) is 14.1. The van der Waals surface area contributed by atoms with Crippen molar-refractivity contribution in [3.8, 4) is 0 Å². The van der Waals surface area contributed by atoms with Crippen molar-refractivity contribution in [1.82, 2.24) is 9.55 Å². The van der Waals surface area contributed by atoms with E-state index in [0.717, 1.165) is 22.9 Å². The van der Waals surface area contributed by atoms with Crippen LogP contribution in [0.3, 0.4) is 0 Å². The van der Waals surface area contributed by atoms with E-state index in [1.807, 2.05) is 13.8 Å². The third kappa shape index (κ3) is 2.55. The SMILES string of the molecule is Cc1cn(C2CCCC2)c(Nc2ccc(F)cc2C)n1. The Balaban J connectivity index is 1.90. The average molecular weight is 273 g/mol. The first-order chi connectivity index (χ1) is 9.63. The molecule has 0 radical (unpaired) electrons. The minimum Gasteiger partial charge on any atom is -0.325 e. The highest BCUT2D eigenvalue weighted by atomic mass is 19.1. The van der Waals surface area contributed by atoms with Crippen molar-refractivity contribution in [1.29, 1.82) is 0 Å². The van der Waals surface area contributed by atoms with Crippen LogP contribution in [0.5, 0.6) is 0 Å². The highest BCUT2D eigenvalue weighted by Crippen LogP contribution is 2.33. The van der Waals surface area contributed by atoms with E-state index in [1.165, 1.54) is 37.8 Å². The first kappa shape index (κ1) is 13.2. The van der Waals surface area contributed by atoms with Crippen molar-refractivity contribution in [3.05, 3.63) is 41.5 Å². The summed E-state index contributed by atoms with van der Waals surface area (Å²) in [5.41, 5.74) is 2.82. The van der Waals surface area contributed by atoms with Crippen LogP contribution in [0.15, 0.2) is 24.4 Å². The molecule has 0 amide bonds. The highest BCUT2D eigenvalue weighted by Gasteiger charge is 2.20. The number of benzene rings is 1. The predicted octanol–water partition coefficient (Wildman–Crippen LogP) is 4.50. The van der Waals surface area contributed by atoms with Crippen LogP contribution >= 0.6 is 0 Å². The quantitative estimate of drug-likeness (QED) is 0.892. The molecule has 2 aromatic rings. The lowest BCUT2D eigenvalue weighted by atomic mass is 10.2. The van der Waals surface area contributed by atoms with Crippen LogP contribution < -0.4 is 5.32 Å². The molecule has 3 rings (SSSR count). The van der Waals surface area contributed by atoms with Crippen molar-refractivity contribution in [3.63, 3.8) is 0 Å². The fourth-order valence-corrected chi connectivity index (χ4v) is 2.96. The molecule has 0 atom stereocenters. The Kier molecular flexibility index (Phi) is 3.47. The second-order valence-electron chi connectivity index (χ2n) is 5.64. The maximum Gasteiger partial charge on any atom is 0.207 e. The zero-order valence-electron chi connectivity index (χ0n) is 12.0. The smallest absolute Gasteiger partial charge is 0.207 e. The van der Waals surface area contributed by atoms with Gasteiger partial charge in [-0.25, -0.2) is 9.37 Å². The number of hydrogen-bond donors (Lipinski definition) is 1. The summed E-state index contributed by atoms with van der Waals surface area (Å²) in [5.74, 6) is 0.660. The molecule has 20 heavy (non-hydrogen) atoms. The van der Waals surface area contributed by atoms with Crippen LogP contribution in [0, 0.1) is 19.7 Å². The number of aryl methyl sites for hydroxylation is 2. The van der Waals surface area contributed by atoms with Gasteiger partial charge in [-0.05, 0) is 50.5 Å². The minimum atomic E-state index is -0.205. The van der Waals surface area contributed by atoms with Gasteiger partial charge >= 0.3 is 0 Å². The van der Waals surface area contributed by atoms with E-state index >= 15 is 0 Å². The molecule has 0 unspecified atom stereocenters. The second kappa shape index (κ2) is 5.27. The summed E-state index contributed by atoms with van der Waals surface area (Å²) in [6.07, 6.45) is 7.12. The van der Waals surface area contributed by atoms with Crippen LogP contribution in [0.25, 0.3) is 0 Å². The summed E-state index contributed by atoms with van der Waals surface area (Å²) in [7, 11) is 0. The lowest BCUT2D eigenvalue weighted by molar-refractivity contribution is 0.524. The van der Waals surface area contributed by atoms with Gasteiger partial charge in [0, 0.05) is 17.9 Å². The Hall–Kier alpha value is -1.84. The Morgan fingerprint density at radius 1 is 1.25 bits per heavy atom. The lowest BCUT2D eigenvalue weighted by Crippen LogP contribution is -2.08. The predicted molar refractivity (Wildman–Crippen MR) is 78.9 cm³/mol. The van der Waals surface area contributed by atoms with Gasteiger partial charge in [-0.15, -0.1) is 0 Å². The van der Waals surface area contributed by atoms with Gasteiger partial charge in [-0.1, -0.05) is 12.8 Å². The molecule has 1 N–H and O–H groups in total. The highest BCUT2D eigenvalue weighted by molar-refractivity contribution is 5.58. The second-order valence-corrected chi connectivity index (χ2v) is 5.64. The zero-order valence-corrected chi connectivity index (χ0v) is 12.0. The first-order valence-electron chi connectivity index (χ1n) is 7.22. The third-order valence-corrected chi connectivity index (χ3v) is 4.01. The van der Waals surface area contributed by atoms with Gasteiger partial charge in [-0.2, -0.15) is 0 Å². The summed E-state index contributed by atoms with van der Waals surface area (Å²) >= 11 is 0. The summed E-state index contributed by atoms with van der Waals surface area (Å²) < 4.78 is 15.4. The molecule has 1 aromatic heterocycles. The molecule has 0 aliphatic heterocycles. The molecule has 3 nitrogen and oxygen atoms in total. The maximum absolute atomic E-state index is 13.2. The van der Waals surface area contributed by atoms with Gasteiger partial charge in [0.2, 0.25) is 5.95 Å². The van der Waals surface area contributed by atoms with Crippen LogP contribution in [0.4, 0.5) is 16.0 Å². The van der Waals surface area contributed by atoms with Gasteiger partial charge in [0.25, 0.3) is 0 Å². The van der Waals surface area contributed by atoms with Gasteiger partial charge in [0.1, 0.15) is 5.82 Å².